The Morgan fingerprint density at radius 2 is 0.460 bits per heavy atom. The number of phosphoric acid groups is 2. The Morgan fingerprint density at radius 1 is 0.270 bits per heavy atom. The van der Waals surface area contributed by atoms with Gasteiger partial charge in [-0.2, -0.15) is 0 Å². The second-order valence-electron chi connectivity index (χ2n) is 30.1. The van der Waals surface area contributed by atoms with Crippen LogP contribution in [0.25, 0.3) is 0 Å². The van der Waals surface area contributed by atoms with Crippen LogP contribution < -0.4 is 0 Å². The van der Waals surface area contributed by atoms with Gasteiger partial charge in [0.05, 0.1) is 26.4 Å². The first-order chi connectivity index (χ1) is 48.4. The SMILES string of the molecule is CCCCCCCCCCCCCCCCCCCCCCCCC(=O)O[C@H](COC(=O)CCCCCCCCCCCCC(C)C)COP(=O)(O)OC[C@@H](O)COP(=O)(O)OC[C@@H](COC(=O)CCCCCCCCCCCC(C)C)OC(=O)CCCCCCCCCCCCCCC. The van der Waals surface area contributed by atoms with E-state index < -0.39 is 97.5 Å². The molecule has 0 aliphatic rings. The van der Waals surface area contributed by atoms with Crippen molar-refractivity contribution in [1.82, 2.24) is 0 Å². The van der Waals surface area contributed by atoms with Gasteiger partial charge < -0.3 is 33.8 Å². The average Bonchev–Trinajstić information content (AvgIpc) is 0.939. The summed E-state index contributed by atoms with van der Waals surface area (Å²) in [5.41, 5.74) is 0. The summed E-state index contributed by atoms with van der Waals surface area (Å²) in [5.74, 6) is -0.607. The lowest BCUT2D eigenvalue weighted by atomic mass is 10.0. The van der Waals surface area contributed by atoms with Crippen molar-refractivity contribution in [3.8, 4) is 0 Å². The molecule has 0 saturated carbocycles. The van der Waals surface area contributed by atoms with E-state index in [1.807, 2.05) is 0 Å². The minimum absolute atomic E-state index is 0.107. The third-order valence-electron chi connectivity index (χ3n) is 19.0. The summed E-state index contributed by atoms with van der Waals surface area (Å²) in [4.78, 5) is 73.0. The molecule has 0 saturated heterocycles. The first kappa shape index (κ1) is 98.1. The van der Waals surface area contributed by atoms with Gasteiger partial charge >= 0.3 is 39.5 Å². The van der Waals surface area contributed by atoms with Gasteiger partial charge in [0.25, 0.3) is 0 Å². The summed E-state index contributed by atoms with van der Waals surface area (Å²) in [6.07, 6.45) is 62.5. The average molecular weight is 1470 g/mol. The van der Waals surface area contributed by atoms with Crippen LogP contribution in [0.15, 0.2) is 0 Å². The number of aliphatic hydroxyl groups excluding tert-OH is 1. The maximum absolute atomic E-state index is 13.1. The van der Waals surface area contributed by atoms with Gasteiger partial charge in [-0.25, -0.2) is 9.13 Å². The molecule has 0 radical (unpaired) electrons. The Morgan fingerprint density at radius 3 is 0.680 bits per heavy atom. The van der Waals surface area contributed by atoms with Crippen molar-refractivity contribution in [1.29, 1.82) is 0 Å². The van der Waals surface area contributed by atoms with Crippen molar-refractivity contribution < 1.29 is 80.2 Å². The maximum atomic E-state index is 13.1. The molecule has 17 nitrogen and oxygen atoms in total. The molecule has 3 N–H and O–H groups in total. The van der Waals surface area contributed by atoms with Gasteiger partial charge in [0.2, 0.25) is 0 Å². The Labute approximate surface area is 613 Å². The van der Waals surface area contributed by atoms with Crippen LogP contribution in [0.2, 0.25) is 0 Å². The van der Waals surface area contributed by atoms with E-state index in [0.29, 0.717) is 25.7 Å². The van der Waals surface area contributed by atoms with Crippen molar-refractivity contribution in [2.24, 2.45) is 11.8 Å². The van der Waals surface area contributed by atoms with Crippen molar-refractivity contribution >= 4 is 39.5 Å². The summed E-state index contributed by atoms with van der Waals surface area (Å²) in [7, 11) is -9.92. The van der Waals surface area contributed by atoms with Crippen LogP contribution in [-0.4, -0.2) is 96.7 Å². The van der Waals surface area contributed by atoms with E-state index in [4.69, 9.17) is 37.0 Å². The Balaban J connectivity index is 5.21. The van der Waals surface area contributed by atoms with Crippen LogP contribution >= 0.6 is 15.6 Å². The van der Waals surface area contributed by atoms with Crippen LogP contribution in [0.4, 0.5) is 0 Å². The molecule has 0 aliphatic carbocycles. The molecule has 0 bridgehead atoms. The van der Waals surface area contributed by atoms with Crippen LogP contribution in [0.3, 0.4) is 0 Å². The van der Waals surface area contributed by atoms with Gasteiger partial charge in [-0.15, -0.1) is 0 Å². The largest absolute Gasteiger partial charge is 0.472 e. The van der Waals surface area contributed by atoms with E-state index in [0.717, 1.165) is 102 Å². The molecule has 0 spiro atoms. The number of ether oxygens (including phenoxy) is 4. The summed E-state index contributed by atoms with van der Waals surface area (Å²) in [6.45, 7) is 9.61. The highest BCUT2D eigenvalue weighted by Crippen LogP contribution is 2.45. The first-order valence-corrected chi connectivity index (χ1v) is 45.0. The molecule has 594 valence electrons. The molecule has 0 aromatic rings. The monoisotopic (exact) mass is 1470 g/mol. The number of unbranched alkanes of at least 4 members (excludes halogenated alkanes) is 50. The zero-order valence-corrected chi connectivity index (χ0v) is 67.3. The fraction of sp³-hybridized carbons (Fsp3) is 0.951. The van der Waals surface area contributed by atoms with Crippen LogP contribution in [0.5, 0.6) is 0 Å². The lowest BCUT2D eigenvalue weighted by Gasteiger charge is -2.21. The third kappa shape index (κ3) is 74.3. The fourth-order valence-electron chi connectivity index (χ4n) is 12.5. The number of esters is 4. The zero-order chi connectivity index (χ0) is 73.5. The number of carbonyl (C=O) groups is 4. The lowest BCUT2D eigenvalue weighted by Crippen LogP contribution is -2.30. The number of hydrogen-bond acceptors (Lipinski definition) is 15. The van der Waals surface area contributed by atoms with Crippen molar-refractivity contribution in [2.75, 3.05) is 39.6 Å². The van der Waals surface area contributed by atoms with E-state index in [9.17, 15) is 43.2 Å². The molecule has 100 heavy (non-hydrogen) atoms. The predicted molar refractivity (Wildman–Crippen MR) is 409 cm³/mol. The first-order valence-electron chi connectivity index (χ1n) is 42.0. The maximum Gasteiger partial charge on any atom is 0.472 e. The smallest absolute Gasteiger partial charge is 0.462 e. The number of hydrogen-bond donors (Lipinski definition) is 3. The molecule has 0 aromatic heterocycles. The molecule has 0 aliphatic heterocycles. The molecule has 2 unspecified atom stereocenters. The van der Waals surface area contributed by atoms with Gasteiger partial charge in [-0.1, -0.05) is 375 Å². The molecule has 0 fully saturated rings. The van der Waals surface area contributed by atoms with Crippen LogP contribution in [0.1, 0.15) is 427 Å². The molecular formula is C81H158O17P2. The van der Waals surface area contributed by atoms with Crippen LogP contribution in [-0.2, 0) is 65.4 Å². The minimum atomic E-state index is -4.96. The van der Waals surface area contributed by atoms with E-state index in [2.05, 4.69) is 41.5 Å². The summed E-state index contributed by atoms with van der Waals surface area (Å²) in [5, 5.41) is 10.6. The highest BCUT2D eigenvalue weighted by molar-refractivity contribution is 7.47. The normalized spacial score (nSPS) is 13.9. The summed E-state index contributed by atoms with van der Waals surface area (Å²) >= 11 is 0. The van der Waals surface area contributed by atoms with Gasteiger partial charge in [0, 0.05) is 25.7 Å². The molecule has 0 heterocycles. The Hall–Kier alpha value is -1.94. The second kappa shape index (κ2) is 72.6. The Kier molecular flexibility index (Phi) is 71.2. The molecule has 0 amide bonds. The quantitative estimate of drug-likeness (QED) is 0.0222. The predicted octanol–water partition coefficient (Wildman–Crippen LogP) is 24.3. The third-order valence-corrected chi connectivity index (χ3v) is 20.9. The van der Waals surface area contributed by atoms with Crippen molar-refractivity contribution in [2.45, 2.75) is 445 Å². The van der Waals surface area contributed by atoms with Gasteiger partial charge in [-0.05, 0) is 37.5 Å². The van der Waals surface area contributed by atoms with Crippen molar-refractivity contribution in [3.05, 3.63) is 0 Å². The summed E-state index contributed by atoms with van der Waals surface area (Å²) < 4.78 is 68.7. The lowest BCUT2D eigenvalue weighted by molar-refractivity contribution is -0.161. The number of phosphoric ester groups is 2. The fourth-order valence-corrected chi connectivity index (χ4v) is 14.1. The highest BCUT2D eigenvalue weighted by Gasteiger charge is 2.30. The van der Waals surface area contributed by atoms with Gasteiger partial charge in [-0.3, -0.25) is 37.3 Å². The number of aliphatic hydroxyl groups is 1. The number of carbonyl (C=O) groups excluding carboxylic acids is 4. The standard InChI is InChI=1S/C81H158O17P2/c1-7-9-11-13-15-17-19-21-22-23-24-25-26-27-28-29-31-33-41-48-54-60-66-81(86)97-76(69-91-78(83)63-57-51-45-39-35-34-37-43-49-55-61-73(3)4)71-95-99(87,88)93-67-75(82)68-94-100(89,90)96-72-77(70-92-79(84)64-58-52-46-42-36-38-44-50-56-62-74(5)6)98-80(85)65-59-53-47-40-32-30-20-18-16-14-12-10-8-2/h73-77,82H,7-72H2,1-6H3,(H,87,88)(H,89,90)/t75-,76-,77-/m1/s1. The molecule has 5 atom stereocenters. The van der Waals surface area contributed by atoms with Gasteiger partial charge in [0.1, 0.15) is 19.3 Å². The van der Waals surface area contributed by atoms with Gasteiger partial charge in [0.15, 0.2) is 12.2 Å². The molecule has 0 aromatic carbocycles. The molecule has 19 heteroatoms. The molecule has 0 rings (SSSR count). The van der Waals surface area contributed by atoms with E-state index in [1.165, 1.54) is 244 Å². The second-order valence-corrected chi connectivity index (χ2v) is 33.0. The highest BCUT2D eigenvalue weighted by atomic mass is 31.2. The zero-order valence-electron chi connectivity index (χ0n) is 65.5. The van der Waals surface area contributed by atoms with Crippen LogP contribution in [0, 0.1) is 11.8 Å². The number of rotatable bonds is 80. The molecular weight excluding hydrogens is 1310 g/mol. The topological polar surface area (TPSA) is 237 Å². The minimum Gasteiger partial charge on any atom is -0.462 e. The summed E-state index contributed by atoms with van der Waals surface area (Å²) in [6, 6.07) is 0. The Bertz CT molecular complexity index is 1920. The van der Waals surface area contributed by atoms with E-state index >= 15 is 0 Å². The van der Waals surface area contributed by atoms with E-state index in [1.54, 1.807) is 0 Å². The van der Waals surface area contributed by atoms with Crippen molar-refractivity contribution in [3.63, 3.8) is 0 Å². The van der Waals surface area contributed by atoms with E-state index in [-0.39, 0.29) is 25.7 Å².